The molecule has 0 saturated carbocycles. The highest BCUT2D eigenvalue weighted by Crippen LogP contribution is 2.32. The van der Waals surface area contributed by atoms with E-state index in [1.165, 1.54) is 0 Å². The average molecular weight is 356 g/mol. The molecule has 2 rings (SSSR count). The number of carbonyl (C=O) groups is 1. The largest absolute Gasteiger partial charge is 0.497 e. The Hall–Kier alpha value is -2.69. The van der Waals surface area contributed by atoms with E-state index in [0.717, 1.165) is 16.8 Å². The van der Waals surface area contributed by atoms with Gasteiger partial charge in [-0.25, -0.2) is 4.79 Å². The van der Waals surface area contributed by atoms with Crippen LogP contribution in [-0.4, -0.2) is 20.3 Å². The summed E-state index contributed by atoms with van der Waals surface area (Å²) in [5.41, 5.74) is 3.72. The Morgan fingerprint density at radius 2 is 1.35 bits per heavy atom. The van der Waals surface area contributed by atoms with Gasteiger partial charge >= 0.3 is 6.03 Å². The molecule has 0 radical (unpaired) electrons. The minimum Gasteiger partial charge on any atom is -0.497 e. The molecule has 5 heteroatoms. The molecule has 0 atom stereocenters. The van der Waals surface area contributed by atoms with Crippen LogP contribution >= 0.6 is 0 Å². The number of ether oxygens (including phenoxy) is 2. The normalized spacial score (nSPS) is 10.8. The van der Waals surface area contributed by atoms with Gasteiger partial charge in [0.1, 0.15) is 11.5 Å². The van der Waals surface area contributed by atoms with Crippen molar-refractivity contribution in [3.8, 4) is 11.5 Å². The summed E-state index contributed by atoms with van der Waals surface area (Å²) in [5, 5.41) is 5.90. The van der Waals surface area contributed by atoms with Crippen molar-refractivity contribution in [1.82, 2.24) is 0 Å². The van der Waals surface area contributed by atoms with Crippen LogP contribution in [-0.2, 0) is 0 Å². The van der Waals surface area contributed by atoms with Crippen LogP contribution in [0.25, 0.3) is 0 Å². The molecular weight excluding hydrogens is 328 g/mol. The second-order valence-corrected chi connectivity index (χ2v) is 6.80. The molecule has 0 bridgehead atoms. The van der Waals surface area contributed by atoms with Crippen molar-refractivity contribution in [2.45, 2.75) is 39.5 Å². The van der Waals surface area contributed by atoms with Crippen molar-refractivity contribution in [1.29, 1.82) is 0 Å². The van der Waals surface area contributed by atoms with Crippen LogP contribution in [0, 0.1) is 0 Å². The Morgan fingerprint density at radius 3 is 1.77 bits per heavy atom. The van der Waals surface area contributed by atoms with E-state index in [4.69, 9.17) is 9.47 Å². The van der Waals surface area contributed by atoms with Gasteiger partial charge in [0.25, 0.3) is 0 Å². The van der Waals surface area contributed by atoms with Gasteiger partial charge in [-0.05, 0) is 23.0 Å². The highest BCUT2D eigenvalue weighted by Gasteiger charge is 2.16. The average Bonchev–Trinajstić information content (AvgIpc) is 2.60. The SMILES string of the molecule is COc1cc(NC(=O)Nc2c(C(C)C)cccc2C(C)C)cc(OC)c1. The third kappa shape index (κ3) is 4.69. The van der Waals surface area contributed by atoms with E-state index in [0.29, 0.717) is 29.0 Å². The quantitative estimate of drug-likeness (QED) is 0.709. The maximum atomic E-state index is 12.6. The molecule has 0 saturated heterocycles. The molecule has 140 valence electrons. The molecule has 2 aromatic rings. The lowest BCUT2D eigenvalue weighted by atomic mass is 9.93. The third-order valence-electron chi connectivity index (χ3n) is 4.22. The number of rotatable bonds is 6. The zero-order valence-corrected chi connectivity index (χ0v) is 16.3. The molecule has 0 aliphatic rings. The molecule has 0 aromatic heterocycles. The summed E-state index contributed by atoms with van der Waals surface area (Å²) in [5.74, 6) is 1.84. The van der Waals surface area contributed by atoms with Gasteiger partial charge in [-0.3, -0.25) is 0 Å². The number of nitrogens with one attached hydrogen (secondary N) is 2. The van der Waals surface area contributed by atoms with Gasteiger partial charge in [-0.2, -0.15) is 0 Å². The first-order valence-corrected chi connectivity index (χ1v) is 8.79. The van der Waals surface area contributed by atoms with Gasteiger partial charge in [0, 0.05) is 29.6 Å². The van der Waals surface area contributed by atoms with Crippen molar-refractivity contribution in [2.24, 2.45) is 0 Å². The van der Waals surface area contributed by atoms with Crippen LogP contribution in [0.4, 0.5) is 16.2 Å². The van der Waals surface area contributed by atoms with Gasteiger partial charge in [-0.1, -0.05) is 45.9 Å². The molecule has 2 aromatic carbocycles. The van der Waals surface area contributed by atoms with Crippen molar-refractivity contribution in [3.05, 3.63) is 47.5 Å². The topological polar surface area (TPSA) is 59.6 Å². The van der Waals surface area contributed by atoms with Crippen LogP contribution in [0.5, 0.6) is 11.5 Å². The molecule has 2 N–H and O–H groups in total. The predicted octanol–water partition coefficient (Wildman–Crippen LogP) is 5.59. The molecule has 0 fully saturated rings. The number of para-hydroxylation sites is 1. The number of benzene rings is 2. The molecule has 0 aliphatic heterocycles. The van der Waals surface area contributed by atoms with E-state index in [9.17, 15) is 4.79 Å². The molecule has 26 heavy (non-hydrogen) atoms. The molecular formula is C21H28N2O3. The highest BCUT2D eigenvalue weighted by atomic mass is 16.5. The van der Waals surface area contributed by atoms with Crippen molar-refractivity contribution >= 4 is 17.4 Å². The summed E-state index contributed by atoms with van der Waals surface area (Å²) >= 11 is 0. The zero-order valence-electron chi connectivity index (χ0n) is 16.3. The Bertz CT molecular complexity index is 721. The van der Waals surface area contributed by atoms with E-state index in [2.05, 4.69) is 50.5 Å². The lowest BCUT2D eigenvalue weighted by Gasteiger charge is -2.20. The number of anilines is 2. The van der Waals surface area contributed by atoms with E-state index in [1.807, 2.05) is 6.07 Å². The maximum Gasteiger partial charge on any atom is 0.323 e. The van der Waals surface area contributed by atoms with Crippen LogP contribution in [0.1, 0.15) is 50.7 Å². The number of urea groups is 1. The zero-order chi connectivity index (χ0) is 19.3. The standard InChI is InChI=1S/C21H28N2O3/c1-13(2)18-8-7-9-19(14(3)4)20(18)23-21(24)22-15-10-16(25-5)12-17(11-15)26-6/h7-14H,1-6H3,(H2,22,23,24). The fourth-order valence-electron chi connectivity index (χ4n) is 2.85. The maximum absolute atomic E-state index is 12.6. The van der Waals surface area contributed by atoms with Gasteiger partial charge in [0.15, 0.2) is 0 Å². The van der Waals surface area contributed by atoms with Crippen LogP contribution in [0.3, 0.4) is 0 Å². The van der Waals surface area contributed by atoms with E-state index in [1.54, 1.807) is 32.4 Å². The van der Waals surface area contributed by atoms with E-state index >= 15 is 0 Å². The minimum atomic E-state index is -0.296. The lowest BCUT2D eigenvalue weighted by molar-refractivity contribution is 0.262. The molecule has 2 amide bonds. The molecule has 0 unspecified atom stereocenters. The van der Waals surface area contributed by atoms with Crippen molar-refractivity contribution in [3.63, 3.8) is 0 Å². The summed E-state index contributed by atoms with van der Waals surface area (Å²) in [7, 11) is 3.15. The van der Waals surface area contributed by atoms with E-state index in [-0.39, 0.29) is 6.03 Å². The monoisotopic (exact) mass is 356 g/mol. The summed E-state index contributed by atoms with van der Waals surface area (Å²) < 4.78 is 10.5. The number of hydrogen-bond acceptors (Lipinski definition) is 3. The molecule has 5 nitrogen and oxygen atoms in total. The fourth-order valence-corrected chi connectivity index (χ4v) is 2.85. The van der Waals surface area contributed by atoms with E-state index < -0.39 is 0 Å². The molecule has 0 spiro atoms. The molecule has 0 heterocycles. The first kappa shape index (κ1) is 19.6. The Balaban J connectivity index is 2.28. The van der Waals surface area contributed by atoms with Crippen LogP contribution < -0.4 is 20.1 Å². The Kier molecular flexibility index (Phi) is 6.50. The summed E-state index contributed by atoms with van der Waals surface area (Å²) in [6.07, 6.45) is 0. The number of carbonyl (C=O) groups excluding carboxylic acids is 1. The lowest BCUT2D eigenvalue weighted by Crippen LogP contribution is -2.21. The fraction of sp³-hybridized carbons (Fsp3) is 0.381. The van der Waals surface area contributed by atoms with Gasteiger partial charge < -0.3 is 20.1 Å². The first-order chi connectivity index (χ1) is 12.3. The number of amides is 2. The molecule has 0 aliphatic carbocycles. The Morgan fingerprint density at radius 1 is 0.846 bits per heavy atom. The van der Waals surface area contributed by atoms with Crippen LogP contribution in [0.2, 0.25) is 0 Å². The number of methoxy groups -OCH3 is 2. The summed E-state index contributed by atoms with van der Waals surface area (Å²) in [6.45, 7) is 8.48. The second kappa shape index (κ2) is 8.61. The van der Waals surface area contributed by atoms with Gasteiger partial charge in [0.05, 0.1) is 14.2 Å². The van der Waals surface area contributed by atoms with Crippen molar-refractivity contribution < 1.29 is 14.3 Å². The van der Waals surface area contributed by atoms with Gasteiger partial charge in [-0.15, -0.1) is 0 Å². The number of hydrogen-bond donors (Lipinski definition) is 2. The first-order valence-electron chi connectivity index (χ1n) is 8.79. The summed E-state index contributed by atoms with van der Waals surface area (Å²) in [6, 6.07) is 11.1. The minimum absolute atomic E-state index is 0.296. The van der Waals surface area contributed by atoms with Crippen molar-refractivity contribution in [2.75, 3.05) is 24.9 Å². The van der Waals surface area contributed by atoms with Gasteiger partial charge in [0.2, 0.25) is 0 Å². The van der Waals surface area contributed by atoms with Crippen LogP contribution in [0.15, 0.2) is 36.4 Å². The smallest absolute Gasteiger partial charge is 0.323 e. The highest BCUT2D eigenvalue weighted by molar-refractivity contribution is 6.01. The predicted molar refractivity (Wildman–Crippen MR) is 107 cm³/mol. The summed E-state index contributed by atoms with van der Waals surface area (Å²) in [4.78, 5) is 12.6. The second-order valence-electron chi connectivity index (χ2n) is 6.80. The Labute approximate surface area is 155 Å². The third-order valence-corrected chi connectivity index (χ3v) is 4.22.